The van der Waals surface area contributed by atoms with Gasteiger partial charge in [0.1, 0.15) is 6.04 Å². The molecular formula is C30H32BrClN2O5S. The van der Waals surface area contributed by atoms with Crippen molar-refractivity contribution in [3.05, 3.63) is 77.8 Å². The molecule has 0 radical (unpaired) electrons. The van der Waals surface area contributed by atoms with E-state index in [1.165, 1.54) is 0 Å². The van der Waals surface area contributed by atoms with E-state index in [1.54, 1.807) is 58.8 Å². The highest BCUT2D eigenvalue weighted by Gasteiger charge is 2.76. The number of hydrogen-bond donors (Lipinski definition) is 1. The fourth-order valence-corrected chi connectivity index (χ4v) is 10.3. The molecule has 2 bridgehead atoms. The quantitative estimate of drug-likeness (QED) is 0.232. The zero-order chi connectivity index (χ0) is 28.6. The zero-order valence-corrected chi connectivity index (χ0v) is 25.3. The van der Waals surface area contributed by atoms with Crippen LogP contribution in [0.1, 0.15) is 18.9 Å². The van der Waals surface area contributed by atoms with E-state index in [9.17, 15) is 19.5 Å². The molecule has 2 amide bonds. The average molecular weight is 648 g/mol. The lowest BCUT2D eigenvalue weighted by molar-refractivity contribution is -0.154. The summed E-state index contributed by atoms with van der Waals surface area (Å²) in [4.78, 5) is 45.5. The maximum atomic E-state index is 14.7. The first-order valence-corrected chi connectivity index (χ1v) is 15.6. The molecule has 0 aromatic heterocycles. The van der Waals surface area contributed by atoms with E-state index in [2.05, 4.69) is 22.5 Å². The van der Waals surface area contributed by atoms with Crippen molar-refractivity contribution >= 4 is 62.8 Å². The lowest BCUT2D eigenvalue weighted by Gasteiger charge is -2.40. The number of anilines is 1. The minimum Gasteiger partial charge on any atom is -0.466 e. The number of aliphatic hydroxyl groups excluding tert-OH is 1. The number of likely N-dealkylation sites (tertiary alicyclic amines) is 1. The molecule has 0 saturated carbocycles. The van der Waals surface area contributed by atoms with Crippen LogP contribution >= 0.6 is 39.3 Å². The van der Waals surface area contributed by atoms with Crippen molar-refractivity contribution in [2.24, 2.45) is 11.8 Å². The number of aliphatic hydroxyl groups is 1. The van der Waals surface area contributed by atoms with Gasteiger partial charge >= 0.3 is 5.97 Å². The summed E-state index contributed by atoms with van der Waals surface area (Å²) < 4.78 is 4.58. The average Bonchev–Trinajstić information content (AvgIpc) is 3.54. The molecule has 3 aliphatic rings. The minimum atomic E-state index is -0.907. The second-order valence-corrected chi connectivity index (χ2v) is 13.6. The number of benzene rings is 2. The molecule has 7 nitrogen and oxygen atoms in total. The standard InChI is InChI=1S/C30H32BrClN2O5S/c1-3-14-33(20-12-10-19(32)11-13-20)28(37)26-30-16-22(31)25(40-30)23(29(38)39-4-2)24(30)27(36)34(26)21(17-35)15-18-8-6-5-7-9-18/h3,5-13,21-26,35H,1,4,14-17H2,2H3/t21-,22?,23+,24+,25+,26?,30?/m1/s1. The van der Waals surface area contributed by atoms with Gasteiger partial charge in [0.15, 0.2) is 0 Å². The molecule has 40 heavy (non-hydrogen) atoms. The molecule has 3 saturated heterocycles. The first-order valence-electron chi connectivity index (χ1n) is 13.4. The first kappa shape index (κ1) is 29.2. The Morgan fingerprint density at radius 2 is 1.98 bits per heavy atom. The Labute approximate surface area is 252 Å². The second-order valence-electron chi connectivity index (χ2n) is 10.4. The number of esters is 1. The predicted molar refractivity (Wildman–Crippen MR) is 161 cm³/mol. The highest BCUT2D eigenvalue weighted by atomic mass is 79.9. The number of ether oxygens (including phenoxy) is 1. The van der Waals surface area contributed by atoms with Crippen LogP contribution in [0.5, 0.6) is 0 Å². The Morgan fingerprint density at radius 3 is 2.60 bits per heavy atom. The topological polar surface area (TPSA) is 87.2 Å². The smallest absolute Gasteiger partial charge is 0.310 e. The summed E-state index contributed by atoms with van der Waals surface area (Å²) in [6.07, 6.45) is 2.55. The normalized spacial score (nSPS) is 29.2. The number of alkyl halides is 1. The van der Waals surface area contributed by atoms with Crippen molar-refractivity contribution in [2.75, 3.05) is 24.7 Å². The molecule has 2 aromatic carbocycles. The molecule has 3 unspecified atom stereocenters. The van der Waals surface area contributed by atoms with Gasteiger partial charge in [0.2, 0.25) is 5.91 Å². The summed E-state index contributed by atoms with van der Waals surface area (Å²) in [5, 5.41) is 11.0. The Hall–Kier alpha value is -2.33. The monoisotopic (exact) mass is 646 g/mol. The Bertz CT molecular complexity index is 1280. The van der Waals surface area contributed by atoms with E-state index in [0.29, 0.717) is 23.6 Å². The van der Waals surface area contributed by atoms with Gasteiger partial charge < -0.3 is 19.6 Å². The molecule has 212 valence electrons. The summed E-state index contributed by atoms with van der Waals surface area (Å²) in [6.45, 7) is 5.70. The van der Waals surface area contributed by atoms with Gasteiger partial charge in [-0.2, -0.15) is 0 Å². The molecule has 0 aliphatic carbocycles. The highest BCUT2D eigenvalue weighted by Crippen LogP contribution is 2.68. The summed E-state index contributed by atoms with van der Waals surface area (Å²) in [5.74, 6) is -2.39. The number of amides is 2. The van der Waals surface area contributed by atoms with Crippen LogP contribution in [0.2, 0.25) is 5.02 Å². The van der Waals surface area contributed by atoms with Gasteiger partial charge in [0.25, 0.3) is 5.91 Å². The number of fused-ring (bicyclic) bond motifs is 1. The second kappa shape index (κ2) is 11.9. The van der Waals surface area contributed by atoms with Gasteiger partial charge in [-0.25, -0.2) is 0 Å². The van der Waals surface area contributed by atoms with Crippen LogP contribution in [-0.2, 0) is 25.5 Å². The number of halogens is 2. The molecule has 10 heteroatoms. The minimum absolute atomic E-state index is 0.0729. The molecule has 7 atom stereocenters. The fourth-order valence-electron chi connectivity index (χ4n) is 6.61. The number of thioether (sulfide) groups is 1. The third-order valence-electron chi connectivity index (χ3n) is 8.15. The van der Waals surface area contributed by atoms with Crippen LogP contribution in [0.4, 0.5) is 5.69 Å². The van der Waals surface area contributed by atoms with Crippen molar-refractivity contribution in [1.82, 2.24) is 4.90 Å². The van der Waals surface area contributed by atoms with Crippen LogP contribution in [0.15, 0.2) is 67.3 Å². The van der Waals surface area contributed by atoms with E-state index in [4.69, 9.17) is 16.3 Å². The van der Waals surface area contributed by atoms with Crippen LogP contribution in [0.3, 0.4) is 0 Å². The van der Waals surface area contributed by atoms with E-state index < -0.39 is 34.6 Å². The van der Waals surface area contributed by atoms with Gasteiger partial charge in [-0.1, -0.05) is 63.9 Å². The van der Waals surface area contributed by atoms with Gasteiger partial charge in [0.05, 0.1) is 35.8 Å². The summed E-state index contributed by atoms with van der Waals surface area (Å²) in [5.41, 5.74) is 1.56. The van der Waals surface area contributed by atoms with E-state index in [0.717, 1.165) is 5.56 Å². The van der Waals surface area contributed by atoms with E-state index in [-0.39, 0.29) is 41.6 Å². The molecule has 3 fully saturated rings. The van der Waals surface area contributed by atoms with Gasteiger partial charge in [0, 0.05) is 27.3 Å². The summed E-state index contributed by atoms with van der Waals surface area (Å²) in [7, 11) is 0. The maximum Gasteiger partial charge on any atom is 0.310 e. The van der Waals surface area contributed by atoms with Crippen LogP contribution in [0.25, 0.3) is 0 Å². The Morgan fingerprint density at radius 1 is 1.27 bits per heavy atom. The van der Waals surface area contributed by atoms with Gasteiger partial charge in [-0.15, -0.1) is 18.3 Å². The zero-order valence-electron chi connectivity index (χ0n) is 22.1. The Balaban J connectivity index is 1.62. The molecule has 1 N–H and O–H groups in total. The molecule has 3 heterocycles. The summed E-state index contributed by atoms with van der Waals surface area (Å²) in [6, 6.07) is 15.0. The van der Waals surface area contributed by atoms with Crippen molar-refractivity contribution in [2.45, 2.75) is 46.7 Å². The lowest BCUT2D eigenvalue weighted by Crippen LogP contribution is -2.58. The van der Waals surface area contributed by atoms with Crippen molar-refractivity contribution in [1.29, 1.82) is 0 Å². The predicted octanol–water partition coefficient (Wildman–Crippen LogP) is 4.49. The maximum absolute atomic E-state index is 14.7. The molecule has 2 aromatic rings. The number of carbonyl (C=O) groups is 3. The SMILES string of the molecule is C=CCN(C(=O)C1N([C@@H](CO)Cc2ccccc2)C(=O)[C@@H]2[C@H](C(=O)OCC)[C@H]3SC12CC3Br)c1ccc(Cl)cc1. The van der Waals surface area contributed by atoms with Crippen LogP contribution in [0, 0.1) is 11.8 Å². The van der Waals surface area contributed by atoms with Crippen LogP contribution in [-0.4, -0.2) is 74.5 Å². The number of hydrogen-bond acceptors (Lipinski definition) is 6. The summed E-state index contributed by atoms with van der Waals surface area (Å²) >= 11 is 11.4. The third kappa shape index (κ3) is 4.89. The number of carbonyl (C=O) groups excluding carboxylic acids is 3. The van der Waals surface area contributed by atoms with Gasteiger partial charge in [-0.05, 0) is 49.6 Å². The number of nitrogens with zero attached hydrogens (tertiary/aromatic N) is 2. The molecule has 3 aliphatic heterocycles. The third-order valence-corrected chi connectivity index (χ3v) is 11.6. The van der Waals surface area contributed by atoms with E-state index >= 15 is 0 Å². The first-order chi connectivity index (χ1) is 19.3. The lowest BCUT2D eigenvalue weighted by atomic mass is 9.71. The Kier molecular flexibility index (Phi) is 8.66. The van der Waals surface area contributed by atoms with Crippen molar-refractivity contribution < 1.29 is 24.2 Å². The molecule has 1 spiro atoms. The molecular weight excluding hydrogens is 616 g/mol. The van der Waals surface area contributed by atoms with Gasteiger partial charge in [-0.3, -0.25) is 14.4 Å². The van der Waals surface area contributed by atoms with Crippen molar-refractivity contribution in [3.8, 4) is 0 Å². The van der Waals surface area contributed by atoms with Crippen LogP contribution < -0.4 is 4.90 Å². The van der Waals surface area contributed by atoms with Crippen molar-refractivity contribution in [3.63, 3.8) is 0 Å². The molecule has 5 rings (SSSR count). The number of rotatable bonds is 10. The van der Waals surface area contributed by atoms with E-state index in [1.807, 2.05) is 30.3 Å². The largest absolute Gasteiger partial charge is 0.466 e. The highest BCUT2D eigenvalue weighted by molar-refractivity contribution is 9.09. The fraction of sp³-hybridized carbons (Fsp3) is 0.433.